The highest BCUT2D eigenvalue weighted by Crippen LogP contribution is 2.32. The highest BCUT2D eigenvalue weighted by Gasteiger charge is 2.41. The molecule has 0 aromatic heterocycles. The van der Waals surface area contributed by atoms with Crippen LogP contribution in [-0.2, 0) is 0 Å². The molecule has 0 heterocycles. The van der Waals surface area contributed by atoms with E-state index < -0.39 is 17.9 Å². The van der Waals surface area contributed by atoms with E-state index in [1.165, 1.54) is 24.6 Å². The van der Waals surface area contributed by atoms with Crippen LogP contribution in [0.2, 0.25) is 0 Å². The Bertz CT molecular complexity index is 237. The van der Waals surface area contributed by atoms with Crippen molar-refractivity contribution in [3.8, 4) is 0 Å². The molecule has 1 aliphatic rings. The fourth-order valence-electron chi connectivity index (χ4n) is 1.89. The van der Waals surface area contributed by atoms with Crippen LogP contribution in [0.25, 0.3) is 0 Å². The molecule has 0 spiro atoms. The lowest BCUT2D eigenvalue weighted by atomic mass is 10.1. The zero-order valence-electron chi connectivity index (χ0n) is 9.02. The number of nitrogens with two attached hydrogens (primary N) is 1. The van der Waals surface area contributed by atoms with Crippen molar-refractivity contribution in [1.29, 1.82) is 5.41 Å². The first kappa shape index (κ1) is 13.7. The SMILES string of the molecule is N=C(N)C(CSCC1CCCC1)C(F)(F)F. The van der Waals surface area contributed by atoms with Gasteiger partial charge >= 0.3 is 6.18 Å². The quantitative estimate of drug-likeness (QED) is 0.585. The summed E-state index contributed by atoms with van der Waals surface area (Å²) in [6, 6.07) is 0. The molecule has 94 valence electrons. The van der Waals surface area contributed by atoms with Gasteiger partial charge in [-0.3, -0.25) is 5.41 Å². The zero-order chi connectivity index (χ0) is 12.2. The highest BCUT2D eigenvalue weighted by molar-refractivity contribution is 7.99. The molecule has 1 fully saturated rings. The van der Waals surface area contributed by atoms with Crippen LogP contribution in [0.1, 0.15) is 25.7 Å². The van der Waals surface area contributed by atoms with Gasteiger partial charge in [0, 0.05) is 5.75 Å². The Balaban J connectivity index is 2.30. The van der Waals surface area contributed by atoms with Crippen molar-refractivity contribution >= 4 is 17.6 Å². The van der Waals surface area contributed by atoms with Gasteiger partial charge in [-0.15, -0.1) is 0 Å². The van der Waals surface area contributed by atoms with Crippen LogP contribution in [-0.4, -0.2) is 23.5 Å². The van der Waals surface area contributed by atoms with E-state index in [2.05, 4.69) is 0 Å². The van der Waals surface area contributed by atoms with E-state index in [1.54, 1.807) is 0 Å². The topological polar surface area (TPSA) is 49.9 Å². The van der Waals surface area contributed by atoms with E-state index in [0.29, 0.717) is 5.92 Å². The number of nitrogens with one attached hydrogen (secondary N) is 1. The number of amidine groups is 1. The Hall–Kier alpha value is -0.390. The van der Waals surface area contributed by atoms with Crippen molar-refractivity contribution in [2.24, 2.45) is 17.6 Å². The Kier molecular flexibility index (Phi) is 4.95. The molecule has 1 atom stereocenters. The van der Waals surface area contributed by atoms with E-state index in [0.717, 1.165) is 18.6 Å². The van der Waals surface area contributed by atoms with Gasteiger partial charge in [0.15, 0.2) is 0 Å². The van der Waals surface area contributed by atoms with Crippen molar-refractivity contribution in [1.82, 2.24) is 0 Å². The number of halogens is 3. The lowest BCUT2D eigenvalue weighted by Crippen LogP contribution is -2.37. The van der Waals surface area contributed by atoms with Gasteiger partial charge in [-0.2, -0.15) is 24.9 Å². The molecule has 0 saturated heterocycles. The van der Waals surface area contributed by atoms with Crippen LogP contribution < -0.4 is 5.73 Å². The molecule has 0 aliphatic heterocycles. The fraction of sp³-hybridized carbons (Fsp3) is 0.900. The summed E-state index contributed by atoms with van der Waals surface area (Å²) >= 11 is 1.27. The predicted molar refractivity (Wildman–Crippen MR) is 60.7 cm³/mol. The normalized spacial score (nSPS) is 19.9. The largest absolute Gasteiger partial charge is 0.399 e. The van der Waals surface area contributed by atoms with Crippen LogP contribution in [0.4, 0.5) is 13.2 Å². The van der Waals surface area contributed by atoms with Crippen LogP contribution in [0.3, 0.4) is 0 Å². The molecular formula is C10H17F3N2S. The maximum Gasteiger partial charge on any atom is 0.399 e. The molecule has 0 bridgehead atoms. The Morgan fingerprint density at radius 3 is 2.38 bits per heavy atom. The van der Waals surface area contributed by atoms with Gasteiger partial charge < -0.3 is 5.73 Å². The van der Waals surface area contributed by atoms with E-state index >= 15 is 0 Å². The number of thioether (sulfide) groups is 1. The first-order valence-corrected chi connectivity index (χ1v) is 6.55. The van der Waals surface area contributed by atoms with Crippen LogP contribution in [0, 0.1) is 17.2 Å². The van der Waals surface area contributed by atoms with Gasteiger partial charge in [0.2, 0.25) is 0 Å². The minimum absolute atomic E-state index is 0.116. The van der Waals surface area contributed by atoms with Gasteiger partial charge in [0.1, 0.15) is 11.8 Å². The summed E-state index contributed by atoms with van der Waals surface area (Å²) in [6.45, 7) is 0. The second kappa shape index (κ2) is 5.80. The molecule has 1 unspecified atom stereocenters. The molecule has 1 rings (SSSR count). The van der Waals surface area contributed by atoms with Crippen molar-refractivity contribution in [3.63, 3.8) is 0 Å². The summed E-state index contributed by atoms with van der Waals surface area (Å²) in [4.78, 5) is 0. The molecule has 6 heteroatoms. The third-order valence-corrected chi connectivity index (χ3v) is 4.16. The van der Waals surface area contributed by atoms with Gasteiger partial charge in [-0.05, 0) is 24.5 Å². The molecule has 0 aromatic rings. The fourth-order valence-corrected chi connectivity index (χ4v) is 3.30. The first-order valence-electron chi connectivity index (χ1n) is 5.39. The molecule has 0 amide bonds. The van der Waals surface area contributed by atoms with Crippen LogP contribution >= 0.6 is 11.8 Å². The third-order valence-electron chi connectivity index (χ3n) is 2.88. The van der Waals surface area contributed by atoms with E-state index in [-0.39, 0.29) is 5.75 Å². The Labute approximate surface area is 97.7 Å². The molecule has 16 heavy (non-hydrogen) atoms. The minimum atomic E-state index is -4.38. The Morgan fingerprint density at radius 1 is 1.38 bits per heavy atom. The van der Waals surface area contributed by atoms with E-state index in [4.69, 9.17) is 11.1 Å². The second-order valence-electron chi connectivity index (χ2n) is 4.24. The van der Waals surface area contributed by atoms with Gasteiger partial charge in [-0.25, -0.2) is 0 Å². The third kappa shape index (κ3) is 4.23. The monoisotopic (exact) mass is 254 g/mol. The summed E-state index contributed by atoms with van der Waals surface area (Å²) in [6.07, 6.45) is 0.267. The van der Waals surface area contributed by atoms with Gasteiger partial charge in [0.25, 0.3) is 0 Å². The number of alkyl halides is 3. The average molecular weight is 254 g/mol. The number of hydrogen-bond donors (Lipinski definition) is 2. The first-order chi connectivity index (χ1) is 7.41. The molecule has 0 aromatic carbocycles. The standard InChI is InChI=1S/C10H17F3N2S/c11-10(12,13)8(9(14)15)6-16-5-7-3-1-2-4-7/h7-8H,1-6H2,(H3,14,15). The van der Waals surface area contributed by atoms with Crippen LogP contribution in [0.15, 0.2) is 0 Å². The number of rotatable bonds is 5. The summed E-state index contributed by atoms with van der Waals surface area (Å²) in [5.41, 5.74) is 4.97. The average Bonchev–Trinajstić information content (AvgIpc) is 2.61. The molecule has 1 saturated carbocycles. The molecule has 3 N–H and O–H groups in total. The summed E-state index contributed by atoms with van der Waals surface area (Å²) in [5.74, 6) is -1.34. The molecule has 0 radical (unpaired) electrons. The maximum absolute atomic E-state index is 12.4. The van der Waals surface area contributed by atoms with Crippen molar-refractivity contribution in [2.45, 2.75) is 31.9 Å². The summed E-state index contributed by atoms with van der Waals surface area (Å²) in [5, 5.41) is 6.94. The summed E-state index contributed by atoms with van der Waals surface area (Å²) < 4.78 is 37.3. The summed E-state index contributed by atoms with van der Waals surface area (Å²) in [7, 11) is 0. The highest BCUT2D eigenvalue weighted by atomic mass is 32.2. The zero-order valence-corrected chi connectivity index (χ0v) is 9.83. The van der Waals surface area contributed by atoms with E-state index in [9.17, 15) is 13.2 Å². The van der Waals surface area contributed by atoms with Gasteiger partial charge in [0.05, 0.1) is 0 Å². The number of hydrogen-bond acceptors (Lipinski definition) is 2. The lowest BCUT2D eigenvalue weighted by Gasteiger charge is -2.19. The van der Waals surface area contributed by atoms with Crippen molar-refractivity contribution in [3.05, 3.63) is 0 Å². The van der Waals surface area contributed by atoms with Gasteiger partial charge in [-0.1, -0.05) is 12.8 Å². The lowest BCUT2D eigenvalue weighted by molar-refractivity contribution is -0.150. The molecule has 1 aliphatic carbocycles. The predicted octanol–water partition coefficient (Wildman–Crippen LogP) is 3.02. The van der Waals surface area contributed by atoms with Crippen molar-refractivity contribution < 1.29 is 13.2 Å². The Morgan fingerprint density at radius 2 is 1.94 bits per heavy atom. The van der Waals surface area contributed by atoms with E-state index in [1.807, 2.05) is 0 Å². The maximum atomic E-state index is 12.4. The van der Waals surface area contributed by atoms with Crippen molar-refractivity contribution in [2.75, 3.05) is 11.5 Å². The second-order valence-corrected chi connectivity index (χ2v) is 5.31. The minimum Gasteiger partial charge on any atom is -0.387 e. The molecular weight excluding hydrogens is 237 g/mol. The van der Waals surface area contributed by atoms with Crippen LogP contribution in [0.5, 0.6) is 0 Å². The smallest absolute Gasteiger partial charge is 0.387 e. The molecule has 2 nitrogen and oxygen atoms in total.